The molecule has 6 heteroatoms. The fourth-order valence-corrected chi connectivity index (χ4v) is 9.24. The third-order valence-corrected chi connectivity index (χ3v) is 14.2. The minimum absolute atomic E-state index is 0.0838. The van der Waals surface area contributed by atoms with Crippen LogP contribution in [0.1, 0.15) is 310 Å². The first-order valence-corrected chi connectivity index (χ1v) is 33.5. The predicted octanol–water partition coefficient (Wildman–Crippen LogP) is 23.2. The van der Waals surface area contributed by atoms with E-state index in [1.807, 2.05) is 0 Å². The standard InChI is InChI=1S/C74H124O6/c1-4-7-10-13-16-19-21-23-25-27-29-30-31-32-33-34-35-36-37-38-39-40-41-42-43-44-46-47-49-51-53-55-58-61-64-67-73(76)79-70-71(69-78-72(75)66-63-60-57-18-15-12-9-6-3)80-74(77)68-65-62-59-56-54-52-50-48-45-28-26-24-22-20-17-14-11-8-5-2/h7,10,16,19,23,25,29-30,32-33,35-36,38-39,41-42,44,46,49,51,71H,4-6,8-9,11-15,17-18,20-22,24,26-28,31,34,37,40,43,45,47-48,50,52-70H2,1-3H3/b10-7-,19-16-,25-23-,30-29-,33-32-,36-35-,39-38-,42-41-,46-44-,51-49-. The van der Waals surface area contributed by atoms with Crippen LogP contribution >= 0.6 is 0 Å². The molecular formula is C74H124O6. The molecule has 0 aliphatic heterocycles. The topological polar surface area (TPSA) is 78.9 Å². The molecule has 0 aliphatic carbocycles. The van der Waals surface area contributed by atoms with Crippen LogP contribution in [0.3, 0.4) is 0 Å². The van der Waals surface area contributed by atoms with Crippen molar-refractivity contribution in [1.82, 2.24) is 0 Å². The Hall–Kier alpha value is -4.19. The summed E-state index contributed by atoms with van der Waals surface area (Å²) in [5, 5.41) is 0. The highest BCUT2D eigenvalue weighted by molar-refractivity contribution is 5.71. The van der Waals surface area contributed by atoms with E-state index in [0.717, 1.165) is 135 Å². The number of ether oxygens (including phenoxy) is 3. The van der Waals surface area contributed by atoms with Gasteiger partial charge in [0.1, 0.15) is 13.2 Å². The van der Waals surface area contributed by atoms with Crippen molar-refractivity contribution in [3.8, 4) is 0 Å². The Morgan fingerprint density at radius 2 is 0.487 bits per heavy atom. The second-order valence-corrected chi connectivity index (χ2v) is 22.0. The average molecular weight is 1110 g/mol. The molecule has 0 aromatic rings. The minimum atomic E-state index is -0.787. The summed E-state index contributed by atoms with van der Waals surface area (Å²) in [5.41, 5.74) is 0. The fraction of sp³-hybridized carbons (Fsp3) is 0.689. The molecule has 6 nitrogen and oxygen atoms in total. The van der Waals surface area contributed by atoms with Crippen LogP contribution in [0.2, 0.25) is 0 Å². The fourth-order valence-electron chi connectivity index (χ4n) is 9.24. The van der Waals surface area contributed by atoms with Crippen molar-refractivity contribution in [3.63, 3.8) is 0 Å². The second kappa shape index (κ2) is 67.3. The molecule has 0 bridgehead atoms. The van der Waals surface area contributed by atoms with E-state index in [-0.39, 0.29) is 31.1 Å². The molecule has 80 heavy (non-hydrogen) atoms. The van der Waals surface area contributed by atoms with Gasteiger partial charge >= 0.3 is 17.9 Å². The van der Waals surface area contributed by atoms with Gasteiger partial charge in [0.15, 0.2) is 6.10 Å². The monoisotopic (exact) mass is 1110 g/mol. The Balaban J connectivity index is 4.21. The molecule has 0 amide bonds. The van der Waals surface area contributed by atoms with Gasteiger partial charge in [-0.25, -0.2) is 0 Å². The number of carbonyl (C=O) groups is 3. The molecule has 0 rings (SSSR count). The number of allylic oxidation sites excluding steroid dienone is 20. The van der Waals surface area contributed by atoms with Gasteiger partial charge in [-0.1, -0.05) is 316 Å². The predicted molar refractivity (Wildman–Crippen MR) is 348 cm³/mol. The summed E-state index contributed by atoms with van der Waals surface area (Å²) in [5.74, 6) is -0.905. The first-order chi connectivity index (χ1) is 39.5. The molecule has 0 aromatic heterocycles. The quantitative estimate of drug-likeness (QED) is 0.0261. The van der Waals surface area contributed by atoms with E-state index >= 15 is 0 Å². The molecule has 0 aromatic carbocycles. The van der Waals surface area contributed by atoms with E-state index in [1.54, 1.807) is 0 Å². The van der Waals surface area contributed by atoms with Crippen molar-refractivity contribution in [2.75, 3.05) is 13.2 Å². The molecule has 0 saturated carbocycles. The van der Waals surface area contributed by atoms with Crippen LogP contribution in [0.15, 0.2) is 122 Å². The molecule has 1 atom stereocenters. The zero-order valence-electron chi connectivity index (χ0n) is 52.3. The first kappa shape index (κ1) is 75.8. The summed E-state index contributed by atoms with van der Waals surface area (Å²) in [6.07, 6.45) is 93.7. The molecule has 0 spiro atoms. The van der Waals surface area contributed by atoms with Crippen molar-refractivity contribution >= 4 is 17.9 Å². The van der Waals surface area contributed by atoms with Crippen LogP contribution in [0.5, 0.6) is 0 Å². The van der Waals surface area contributed by atoms with Crippen molar-refractivity contribution in [3.05, 3.63) is 122 Å². The summed E-state index contributed by atoms with van der Waals surface area (Å²) < 4.78 is 16.8. The molecule has 0 N–H and O–H groups in total. The lowest BCUT2D eigenvalue weighted by atomic mass is 10.0. The Bertz CT molecular complexity index is 1650. The van der Waals surface area contributed by atoms with Crippen molar-refractivity contribution in [2.24, 2.45) is 0 Å². The second-order valence-electron chi connectivity index (χ2n) is 22.0. The Morgan fingerprint density at radius 3 is 0.762 bits per heavy atom. The van der Waals surface area contributed by atoms with Crippen molar-refractivity contribution < 1.29 is 28.6 Å². The molecule has 456 valence electrons. The van der Waals surface area contributed by atoms with Gasteiger partial charge < -0.3 is 14.2 Å². The van der Waals surface area contributed by atoms with Gasteiger partial charge in [0.05, 0.1) is 0 Å². The molecule has 0 radical (unpaired) electrons. The Morgan fingerprint density at radius 1 is 0.263 bits per heavy atom. The SMILES string of the molecule is CC/C=C\C/C=C\C/C=C\C/C=C\C/C=C\C/C=C\C/C=C\C/C=C\C/C=C\C/C=C\CCCCCCC(=O)OCC(COC(=O)CCCCCCCCCC)OC(=O)CCCCCCCCCCCCCCCCCCCCC. The van der Waals surface area contributed by atoms with E-state index in [2.05, 4.69) is 142 Å². The summed E-state index contributed by atoms with van der Waals surface area (Å²) in [6.45, 7) is 6.50. The van der Waals surface area contributed by atoms with Gasteiger partial charge in [-0.15, -0.1) is 0 Å². The molecular weight excluding hydrogens is 985 g/mol. The lowest BCUT2D eigenvalue weighted by Crippen LogP contribution is -2.30. The minimum Gasteiger partial charge on any atom is -0.462 e. The summed E-state index contributed by atoms with van der Waals surface area (Å²) in [4.78, 5) is 38.1. The summed E-state index contributed by atoms with van der Waals surface area (Å²) in [6, 6.07) is 0. The molecule has 0 saturated heterocycles. The molecule has 0 fully saturated rings. The van der Waals surface area contributed by atoms with Crippen LogP contribution in [-0.4, -0.2) is 37.2 Å². The molecule has 1 unspecified atom stereocenters. The van der Waals surface area contributed by atoms with Crippen LogP contribution in [0.25, 0.3) is 0 Å². The highest BCUT2D eigenvalue weighted by Gasteiger charge is 2.19. The van der Waals surface area contributed by atoms with Gasteiger partial charge in [-0.3, -0.25) is 14.4 Å². The number of hydrogen-bond donors (Lipinski definition) is 0. The highest BCUT2D eigenvalue weighted by Crippen LogP contribution is 2.17. The van der Waals surface area contributed by atoms with E-state index in [0.29, 0.717) is 19.3 Å². The highest BCUT2D eigenvalue weighted by atomic mass is 16.6. The number of carbonyl (C=O) groups excluding carboxylic acids is 3. The van der Waals surface area contributed by atoms with E-state index < -0.39 is 6.10 Å². The van der Waals surface area contributed by atoms with E-state index in [4.69, 9.17) is 14.2 Å². The largest absolute Gasteiger partial charge is 0.462 e. The first-order valence-electron chi connectivity index (χ1n) is 33.5. The van der Waals surface area contributed by atoms with Gasteiger partial charge in [0.2, 0.25) is 0 Å². The zero-order valence-corrected chi connectivity index (χ0v) is 52.3. The third-order valence-electron chi connectivity index (χ3n) is 14.2. The maximum atomic E-state index is 12.9. The van der Waals surface area contributed by atoms with Crippen molar-refractivity contribution in [1.29, 1.82) is 0 Å². The number of hydrogen-bond acceptors (Lipinski definition) is 6. The Labute approximate surface area is 494 Å². The normalized spacial score (nSPS) is 12.9. The molecule has 0 aliphatic rings. The lowest BCUT2D eigenvalue weighted by molar-refractivity contribution is -0.167. The maximum absolute atomic E-state index is 12.9. The van der Waals surface area contributed by atoms with Gasteiger partial charge in [0.25, 0.3) is 0 Å². The van der Waals surface area contributed by atoms with Crippen LogP contribution in [0, 0.1) is 0 Å². The molecule has 0 heterocycles. The maximum Gasteiger partial charge on any atom is 0.306 e. The average Bonchev–Trinajstić information content (AvgIpc) is 3.46. The lowest BCUT2D eigenvalue weighted by Gasteiger charge is -2.18. The van der Waals surface area contributed by atoms with Crippen LogP contribution in [-0.2, 0) is 28.6 Å². The Kier molecular flexibility index (Phi) is 63.8. The third kappa shape index (κ3) is 64.6. The van der Waals surface area contributed by atoms with Crippen LogP contribution in [0.4, 0.5) is 0 Å². The van der Waals surface area contributed by atoms with Crippen molar-refractivity contribution in [2.45, 2.75) is 316 Å². The van der Waals surface area contributed by atoms with Gasteiger partial charge in [-0.2, -0.15) is 0 Å². The number of rotatable bonds is 60. The summed E-state index contributed by atoms with van der Waals surface area (Å²) in [7, 11) is 0. The smallest absolute Gasteiger partial charge is 0.306 e. The summed E-state index contributed by atoms with van der Waals surface area (Å²) >= 11 is 0. The van der Waals surface area contributed by atoms with E-state index in [1.165, 1.54) is 135 Å². The zero-order chi connectivity index (χ0) is 57.8. The van der Waals surface area contributed by atoms with Gasteiger partial charge in [0, 0.05) is 19.3 Å². The van der Waals surface area contributed by atoms with Gasteiger partial charge in [-0.05, 0) is 96.3 Å². The number of unbranched alkanes of at least 4 members (excludes halogenated alkanes) is 29. The number of esters is 3. The van der Waals surface area contributed by atoms with E-state index in [9.17, 15) is 14.4 Å². The van der Waals surface area contributed by atoms with Crippen LogP contribution < -0.4 is 0 Å².